The van der Waals surface area contributed by atoms with E-state index in [2.05, 4.69) is 0 Å². The number of carbonyl (C=O) groups excluding carboxylic acids is 1. The van der Waals surface area contributed by atoms with Crippen molar-refractivity contribution < 1.29 is 27.8 Å². The molecule has 3 heterocycles. The first-order valence-corrected chi connectivity index (χ1v) is 6.19. The summed E-state index contributed by atoms with van der Waals surface area (Å²) in [6, 6.07) is -1.69. The highest BCUT2D eigenvalue weighted by Crippen LogP contribution is 2.51. The Balaban J connectivity index is 2.47. The highest BCUT2D eigenvalue weighted by Gasteiger charge is 2.66. The molecule has 3 saturated heterocycles. The van der Waals surface area contributed by atoms with Crippen LogP contribution in [0.2, 0.25) is 0 Å². The number of carbonyl (C=O) groups is 1. The number of alkyl halides is 3. The van der Waals surface area contributed by atoms with Crippen molar-refractivity contribution >= 4 is 5.78 Å². The van der Waals surface area contributed by atoms with Crippen molar-refractivity contribution in [1.82, 2.24) is 4.90 Å². The monoisotopic (exact) mass is 281 g/mol. The number of ether oxygens (including phenoxy) is 1. The Hall–Kier alpha value is -0.660. The summed E-state index contributed by atoms with van der Waals surface area (Å²) in [6.45, 7) is 0.841. The molecule has 4 nitrogen and oxygen atoms in total. The summed E-state index contributed by atoms with van der Waals surface area (Å²) < 4.78 is 44.3. The first-order chi connectivity index (χ1) is 8.71. The Bertz CT molecular complexity index is 387. The van der Waals surface area contributed by atoms with E-state index in [0.29, 0.717) is 6.42 Å². The van der Waals surface area contributed by atoms with Crippen LogP contribution in [0.15, 0.2) is 0 Å². The number of hydrogen-bond donors (Lipinski definition) is 1. The molecule has 3 rings (SSSR count). The highest BCUT2D eigenvalue weighted by molar-refractivity contribution is 5.95. The molecule has 4 atom stereocenters. The van der Waals surface area contributed by atoms with Crippen molar-refractivity contribution in [3.05, 3.63) is 0 Å². The van der Waals surface area contributed by atoms with Gasteiger partial charge in [0.25, 0.3) is 0 Å². The Labute approximate surface area is 109 Å². The van der Waals surface area contributed by atoms with Gasteiger partial charge in [-0.2, -0.15) is 13.2 Å². The largest absolute Gasteiger partial charge is 0.404 e. The van der Waals surface area contributed by atoms with E-state index in [1.54, 1.807) is 6.92 Å². The molecule has 3 fully saturated rings. The van der Waals surface area contributed by atoms with Gasteiger partial charge in [-0.05, 0) is 12.8 Å². The van der Waals surface area contributed by atoms with Crippen molar-refractivity contribution in [2.45, 2.75) is 37.5 Å². The van der Waals surface area contributed by atoms with Crippen molar-refractivity contribution in [3.8, 4) is 0 Å². The molecule has 3 aliphatic heterocycles. The van der Waals surface area contributed by atoms with E-state index in [1.807, 2.05) is 0 Å². The Morgan fingerprint density at radius 2 is 2.16 bits per heavy atom. The minimum atomic E-state index is -4.41. The molecular weight excluding hydrogens is 263 g/mol. The van der Waals surface area contributed by atoms with E-state index < -0.39 is 29.8 Å². The topological polar surface area (TPSA) is 49.8 Å². The molecular formula is C12H18F3NO3. The van der Waals surface area contributed by atoms with Gasteiger partial charge >= 0.3 is 6.18 Å². The van der Waals surface area contributed by atoms with Gasteiger partial charge in [0.1, 0.15) is 11.6 Å². The summed E-state index contributed by atoms with van der Waals surface area (Å²) in [4.78, 5) is 13.6. The van der Waals surface area contributed by atoms with E-state index >= 15 is 0 Å². The normalized spacial score (nSPS) is 42.7. The van der Waals surface area contributed by atoms with Crippen LogP contribution in [0.3, 0.4) is 0 Å². The Morgan fingerprint density at radius 1 is 1.53 bits per heavy atom. The number of rotatable bonds is 3. The maximum Gasteiger partial charge on any atom is 0.404 e. The van der Waals surface area contributed by atoms with Crippen LogP contribution in [-0.4, -0.2) is 60.4 Å². The molecule has 0 aromatic rings. The smallest absolute Gasteiger partial charge is 0.394 e. The number of aliphatic hydroxyl groups is 1. The quantitative estimate of drug-likeness (QED) is 0.838. The SMILES string of the molecule is COC[C@@]1(CO)C(=O)[C@]2(C)CCN1[C@H](C(F)(F)F)C2. The molecule has 0 aliphatic carbocycles. The summed E-state index contributed by atoms with van der Waals surface area (Å²) in [7, 11) is 1.32. The van der Waals surface area contributed by atoms with Gasteiger partial charge in [-0.25, -0.2) is 0 Å². The lowest BCUT2D eigenvalue weighted by Gasteiger charge is -2.59. The van der Waals surface area contributed by atoms with Crippen LogP contribution in [-0.2, 0) is 9.53 Å². The third-order valence-corrected chi connectivity index (χ3v) is 4.47. The second-order valence-corrected chi connectivity index (χ2v) is 5.72. The van der Waals surface area contributed by atoms with Crippen LogP contribution in [0.25, 0.3) is 0 Å². The highest BCUT2D eigenvalue weighted by atomic mass is 19.4. The van der Waals surface area contributed by atoms with E-state index in [0.717, 1.165) is 4.90 Å². The molecule has 0 aromatic carbocycles. The average molecular weight is 281 g/mol. The standard InChI is InChI=1S/C12H18F3NO3/c1-10-3-4-16(8(5-10)12(13,14)15)11(6-17,7-19-2)9(10)18/h8,17H,3-7H2,1-2H3/t8-,10+,11-/m0/s1. The summed E-state index contributed by atoms with van der Waals surface area (Å²) in [5, 5.41) is 9.55. The number of aliphatic hydroxyl groups excluding tert-OH is 1. The number of Topliss-reactive ketones (excluding diaryl/α,β-unsaturated/α-hetero) is 1. The van der Waals surface area contributed by atoms with Crippen LogP contribution < -0.4 is 0 Å². The lowest BCUT2D eigenvalue weighted by Crippen LogP contribution is -2.76. The molecule has 3 aliphatic rings. The minimum absolute atomic E-state index is 0.149. The van der Waals surface area contributed by atoms with Crippen molar-refractivity contribution in [2.24, 2.45) is 5.41 Å². The lowest BCUT2D eigenvalue weighted by molar-refractivity contribution is -0.244. The zero-order valence-electron chi connectivity index (χ0n) is 11.0. The first kappa shape index (κ1) is 14.7. The van der Waals surface area contributed by atoms with E-state index in [-0.39, 0.29) is 25.4 Å². The number of halogens is 3. The number of nitrogens with zero attached hydrogens (tertiary/aromatic N) is 1. The molecule has 0 aromatic heterocycles. The molecule has 1 N–H and O–H groups in total. The maximum absolute atomic E-state index is 13.1. The molecule has 0 amide bonds. The molecule has 0 saturated carbocycles. The Morgan fingerprint density at radius 3 is 2.63 bits per heavy atom. The van der Waals surface area contributed by atoms with Gasteiger partial charge in [0.2, 0.25) is 0 Å². The van der Waals surface area contributed by atoms with Gasteiger partial charge in [-0.1, -0.05) is 6.92 Å². The van der Waals surface area contributed by atoms with Crippen molar-refractivity contribution in [2.75, 3.05) is 26.9 Å². The second kappa shape index (κ2) is 4.43. The lowest BCUT2D eigenvalue weighted by atomic mass is 9.61. The zero-order chi connectivity index (χ0) is 14.5. The van der Waals surface area contributed by atoms with Crippen molar-refractivity contribution in [3.63, 3.8) is 0 Å². The van der Waals surface area contributed by atoms with Crippen LogP contribution in [0.5, 0.6) is 0 Å². The number of piperidine rings is 3. The van der Waals surface area contributed by atoms with Gasteiger partial charge in [0.05, 0.1) is 13.2 Å². The van der Waals surface area contributed by atoms with Gasteiger partial charge in [0, 0.05) is 19.1 Å². The number of methoxy groups -OCH3 is 1. The summed E-state index contributed by atoms with van der Waals surface area (Å²) in [5.74, 6) is -0.337. The van der Waals surface area contributed by atoms with Crippen LogP contribution in [0.4, 0.5) is 13.2 Å². The summed E-state index contributed by atoms with van der Waals surface area (Å²) in [5.41, 5.74) is -2.59. The third kappa shape index (κ3) is 1.98. The molecule has 110 valence electrons. The van der Waals surface area contributed by atoms with E-state index in [4.69, 9.17) is 4.74 Å². The van der Waals surface area contributed by atoms with Gasteiger partial charge < -0.3 is 9.84 Å². The fourth-order valence-electron chi connectivity index (χ4n) is 3.46. The number of hydrogen-bond acceptors (Lipinski definition) is 4. The molecule has 7 heteroatoms. The number of fused-ring (bicyclic) bond motifs is 3. The maximum atomic E-state index is 13.1. The van der Waals surface area contributed by atoms with E-state index in [9.17, 15) is 23.1 Å². The second-order valence-electron chi connectivity index (χ2n) is 5.72. The van der Waals surface area contributed by atoms with Gasteiger partial charge in [-0.3, -0.25) is 9.69 Å². The fourth-order valence-corrected chi connectivity index (χ4v) is 3.46. The predicted octanol–water partition coefficient (Wildman–Crippen LogP) is 0.980. The van der Waals surface area contributed by atoms with Crippen LogP contribution in [0.1, 0.15) is 19.8 Å². The number of ketones is 1. The predicted molar refractivity (Wildman–Crippen MR) is 60.6 cm³/mol. The third-order valence-electron chi connectivity index (χ3n) is 4.47. The van der Waals surface area contributed by atoms with Crippen LogP contribution >= 0.6 is 0 Å². The van der Waals surface area contributed by atoms with Crippen molar-refractivity contribution in [1.29, 1.82) is 0 Å². The summed E-state index contributed by atoms with van der Waals surface area (Å²) >= 11 is 0. The molecule has 0 radical (unpaired) electrons. The molecule has 0 spiro atoms. The summed E-state index contributed by atoms with van der Waals surface area (Å²) in [6.07, 6.45) is -4.25. The zero-order valence-corrected chi connectivity index (χ0v) is 11.0. The molecule has 2 bridgehead atoms. The van der Waals surface area contributed by atoms with Crippen LogP contribution in [0, 0.1) is 5.41 Å². The Kier molecular flexibility index (Phi) is 3.43. The molecule has 19 heavy (non-hydrogen) atoms. The fraction of sp³-hybridized carbons (Fsp3) is 0.917. The van der Waals surface area contributed by atoms with Gasteiger partial charge in [-0.15, -0.1) is 0 Å². The average Bonchev–Trinajstić information content (AvgIpc) is 2.33. The minimum Gasteiger partial charge on any atom is -0.394 e. The first-order valence-electron chi connectivity index (χ1n) is 6.19. The van der Waals surface area contributed by atoms with E-state index in [1.165, 1.54) is 7.11 Å². The van der Waals surface area contributed by atoms with Gasteiger partial charge in [0.15, 0.2) is 5.78 Å². The molecule has 1 unspecified atom stereocenters.